The van der Waals surface area contributed by atoms with Gasteiger partial charge in [-0.1, -0.05) is 29.3 Å². The molecule has 2 heterocycles. The summed E-state index contributed by atoms with van der Waals surface area (Å²) in [6.45, 7) is 1.82. The van der Waals surface area contributed by atoms with E-state index < -0.39 is 0 Å². The number of carbonyl (C=O) groups excluding carboxylic acids is 1. The summed E-state index contributed by atoms with van der Waals surface area (Å²) in [5.74, 6) is -0.194. The van der Waals surface area contributed by atoms with Crippen molar-refractivity contribution in [3.63, 3.8) is 0 Å². The maximum Gasteiger partial charge on any atom is 0.271 e. The molecule has 2 aromatic rings. The number of para-hydroxylation sites is 1. The van der Waals surface area contributed by atoms with Crippen LogP contribution in [0.2, 0.25) is 10.0 Å². The molecule has 122 valence electrons. The van der Waals surface area contributed by atoms with Gasteiger partial charge in [0.1, 0.15) is 5.69 Å². The van der Waals surface area contributed by atoms with E-state index in [1.54, 1.807) is 18.2 Å². The number of piperidine rings is 1. The highest BCUT2D eigenvalue weighted by Crippen LogP contribution is 2.33. The smallest absolute Gasteiger partial charge is 0.271 e. The standard InChI is InChI=1S/C15H17Cl2N5O/c16-10-2-1-3-11(17)13(10)21-12-8-19-22-14(12)15(23)20-9-4-6-18-7-5-9/h1-3,8-9,18,21H,4-7H2,(H,19,22)(H,20,23). The number of anilines is 2. The molecule has 23 heavy (non-hydrogen) atoms. The summed E-state index contributed by atoms with van der Waals surface area (Å²) >= 11 is 12.3. The average Bonchev–Trinajstić information content (AvgIpc) is 3.00. The molecule has 0 aliphatic carbocycles. The van der Waals surface area contributed by atoms with E-state index in [4.69, 9.17) is 23.2 Å². The van der Waals surface area contributed by atoms with Gasteiger partial charge in [-0.05, 0) is 38.1 Å². The molecule has 1 saturated heterocycles. The monoisotopic (exact) mass is 353 g/mol. The normalized spacial score (nSPS) is 15.4. The van der Waals surface area contributed by atoms with Crippen molar-refractivity contribution in [2.75, 3.05) is 18.4 Å². The van der Waals surface area contributed by atoms with E-state index in [0.29, 0.717) is 27.1 Å². The van der Waals surface area contributed by atoms with Gasteiger partial charge >= 0.3 is 0 Å². The van der Waals surface area contributed by atoms with Crippen molar-refractivity contribution in [3.05, 3.63) is 40.1 Å². The van der Waals surface area contributed by atoms with Crippen LogP contribution in [0, 0.1) is 0 Å². The first-order valence-corrected chi connectivity index (χ1v) is 8.16. The van der Waals surface area contributed by atoms with Crippen LogP contribution in [0.5, 0.6) is 0 Å². The van der Waals surface area contributed by atoms with Crippen molar-refractivity contribution in [1.82, 2.24) is 20.8 Å². The van der Waals surface area contributed by atoms with Gasteiger partial charge in [-0.15, -0.1) is 0 Å². The molecule has 0 radical (unpaired) electrons. The fourth-order valence-electron chi connectivity index (χ4n) is 2.53. The molecule has 0 bridgehead atoms. The molecule has 0 unspecified atom stereocenters. The van der Waals surface area contributed by atoms with Gasteiger partial charge in [-0.2, -0.15) is 5.10 Å². The highest BCUT2D eigenvalue weighted by molar-refractivity contribution is 6.39. The van der Waals surface area contributed by atoms with Crippen LogP contribution in [0.15, 0.2) is 24.4 Å². The Morgan fingerprint density at radius 3 is 2.61 bits per heavy atom. The maximum atomic E-state index is 12.4. The first-order valence-electron chi connectivity index (χ1n) is 7.41. The number of nitrogens with zero attached hydrogens (tertiary/aromatic N) is 1. The molecule has 3 rings (SSSR count). The van der Waals surface area contributed by atoms with Gasteiger partial charge in [-0.25, -0.2) is 0 Å². The second kappa shape index (κ2) is 7.21. The number of amides is 1. The van der Waals surface area contributed by atoms with Crippen molar-refractivity contribution in [2.24, 2.45) is 0 Å². The molecule has 1 aliphatic rings. The molecule has 0 saturated carbocycles. The molecule has 0 spiro atoms. The van der Waals surface area contributed by atoms with Gasteiger partial charge in [-0.3, -0.25) is 9.89 Å². The number of nitrogens with one attached hydrogen (secondary N) is 4. The Labute approximate surface area is 143 Å². The van der Waals surface area contributed by atoms with E-state index >= 15 is 0 Å². The van der Waals surface area contributed by atoms with Gasteiger partial charge in [0, 0.05) is 6.04 Å². The first-order chi connectivity index (χ1) is 11.1. The minimum absolute atomic E-state index is 0.170. The van der Waals surface area contributed by atoms with Crippen LogP contribution in [0.3, 0.4) is 0 Å². The van der Waals surface area contributed by atoms with Crippen LogP contribution in [-0.4, -0.2) is 35.2 Å². The van der Waals surface area contributed by atoms with Gasteiger partial charge < -0.3 is 16.0 Å². The van der Waals surface area contributed by atoms with Gasteiger partial charge in [0.25, 0.3) is 5.91 Å². The molecule has 6 nitrogen and oxygen atoms in total. The average molecular weight is 354 g/mol. The Hall–Kier alpha value is -1.76. The molecule has 1 aromatic carbocycles. The highest BCUT2D eigenvalue weighted by Gasteiger charge is 2.20. The van der Waals surface area contributed by atoms with Crippen molar-refractivity contribution in [1.29, 1.82) is 0 Å². The Kier molecular flexibility index (Phi) is 5.05. The molecule has 0 atom stereocenters. The van der Waals surface area contributed by atoms with Crippen molar-refractivity contribution < 1.29 is 4.79 Å². The summed E-state index contributed by atoms with van der Waals surface area (Å²) in [7, 11) is 0. The van der Waals surface area contributed by atoms with E-state index in [9.17, 15) is 4.79 Å². The summed E-state index contributed by atoms with van der Waals surface area (Å²) in [5.41, 5.74) is 1.44. The van der Waals surface area contributed by atoms with Crippen LogP contribution in [0.25, 0.3) is 0 Å². The Bertz CT molecular complexity index is 677. The lowest BCUT2D eigenvalue weighted by Gasteiger charge is -2.23. The maximum absolute atomic E-state index is 12.4. The van der Waals surface area contributed by atoms with Gasteiger partial charge in [0.2, 0.25) is 0 Å². The number of aromatic nitrogens is 2. The van der Waals surface area contributed by atoms with Crippen LogP contribution in [-0.2, 0) is 0 Å². The second-order valence-electron chi connectivity index (χ2n) is 5.38. The predicted molar refractivity (Wildman–Crippen MR) is 91.7 cm³/mol. The number of hydrogen-bond acceptors (Lipinski definition) is 4. The highest BCUT2D eigenvalue weighted by atomic mass is 35.5. The fourth-order valence-corrected chi connectivity index (χ4v) is 3.02. The molecule has 4 N–H and O–H groups in total. The minimum atomic E-state index is -0.194. The zero-order valence-corrected chi connectivity index (χ0v) is 13.8. The van der Waals surface area contributed by atoms with E-state index in [2.05, 4.69) is 26.1 Å². The third kappa shape index (κ3) is 3.77. The van der Waals surface area contributed by atoms with Crippen molar-refractivity contribution >= 4 is 40.5 Å². The zero-order valence-electron chi connectivity index (χ0n) is 12.3. The summed E-state index contributed by atoms with van der Waals surface area (Å²) < 4.78 is 0. The quantitative estimate of drug-likeness (QED) is 0.681. The molecular formula is C15H17Cl2N5O. The number of halogens is 2. The summed E-state index contributed by atoms with van der Waals surface area (Å²) in [6.07, 6.45) is 3.37. The van der Waals surface area contributed by atoms with Crippen LogP contribution < -0.4 is 16.0 Å². The third-order valence-electron chi connectivity index (χ3n) is 3.76. The molecule has 1 aliphatic heterocycles. The number of aromatic amines is 1. The van der Waals surface area contributed by atoms with Crippen molar-refractivity contribution in [2.45, 2.75) is 18.9 Å². The lowest BCUT2D eigenvalue weighted by Crippen LogP contribution is -2.42. The molecule has 1 amide bonds. The number of H-pyrrole nitrogens is 1. The summed E-state index contributed by atoms with van der Waals surface area (Å²) in [4.78, 5) is 12.4. The van der Waals surface area contributed by atoms with E-state index in [1.807, 2.05) is 0 Å². The second-order valence-corrected chi connectivity index (χ2v) is 6.19. The largest absolute Gasteiger partial charge is 0.350 e. The van der Waals surface area contributed by atoms with Gasteiger partial charge in [0.05, 0.1) is 27.6 Å². The number of benzene rings is 1. The Morgan fingerprint density at radius 1 is 1.22 bits per heavy atom. The van der Waals surface area contributed by atoms with E-state index in [-0.39, 0.29) is 11.9 Å². The first kappa shape index (κ1) is 16.1. The van der Waals surface area contributed by atoms with E-state index in [0.717, 1.165) is 25.9 Å². The molecule has 1 fully saturated rings. The summed E-state index contributed by atoms with van der Waals surface area (Å²) in [6, 6.07) is 5.38. The minimum Gasteiger partial charge on any atom is -0.350 e. The van der Waals surface area contributed by atoms with Crippen LogP contribution >= 0.6 is 23.2 Å². The number of rotatable bonds is 4. The topological polar surface area (TPSA) is 81.8 Å². The number of carbonyl (C=O) groups is 1. The van der Waals surface area contributed by atoms with E-state index in [1.165, 1.54) is 6.20 Å². The Balaban J connectivity index is 1.75. The molecule has 1 aromatic heterocycles. The SMILES string of the molecule is O=C(NC1CCNCC1)c1[nH]ncc1Nc1c(Cl)cccc1Cl. The Morgan fingerprint density at radius 2 is 1.91 bits per heavy atom. The third-order valence-corrected chi connectivity index (χ3v) is 4.39. The van der Waals surface area contributed by atoms with Crippen LogP contribution in [0.4, 0.5) is 11.4 Å². The summed E-state index contributed by atoms with van der Waals surface area (Å²) in [5, 5.41) is 17.0. The van der Waals surface area contributed by atoms with Crippen molar-refractivity contribution in [3.8, 4) is 0 Å². The lowest BCUT2D eigenvalue weighted by atomic mass is 10.1. The molecular weight excluding hydrogens is 337 g/mol. The van der Waals surface area contributed by atoms with Crippen LogP contribution in [0.1, 0.15) is 23.3 Å². The predicted octanol–water partition coefficient (Wildman–Crippen LogP) is 2.94. The molecule has 8 heteroatoms. The lowest BCUT2D eigenvalue weighted by molar-refractivity contribution is 0.0925. The van der Waals surface area contributed by atoms with Gasteiger partial charge in [0.15, 0.2) is 0 Å². The zero-order chi connectivity index (χ0) is 16.2. The number of hydrogen-bond donors (Lipinski definition) is 4. The fraction of sp³-hybridized carbons (Fsp3) is 0.333.